The zero-order chi connectivity index (χ0) is 12.5. The van der Waals surface area contributed by atoms with Gasteiger partial charge < -0.3 is 10.6 Å². The number of amides is 1. The van der Waals surface area contributed by atoms with Crippen molar-refractivity contribution in [2.24, 2.45) is 5.73 Å². The van der Waals surface area contributed by atoms with E-state index >= 15 is 0 Å². The normalized spacial score (nSPS) is 19.1. The minimum Gasteiger partial charge on any atom is -0.343 e. The van der Waals surface area contributed by atoms with Crippen LogP contribution in [-0.4, -0.2) is 23.9 Å². The van der Waals surface area contributed by atoms with Crippen LogP contribution in [0, 0.1) is 5.82 Å². The molecule has 2 N–H and O–H groups in total. The lowest BCUT2D eigenvalue weighted by Crippen LogP contribution is -2.49. The van der Waals surface area contributed by atoms with Crippen LogP contribution in [0.3, 0.4) is 0 Å². The Balaban J connectivity index is 2.11. The Morgan fingerprint density at radius 1 is 1.29 bits per heavy atom. The fraction of sp³-hybridized carbons (Fsp3) is 0.462. The van der Waals surface area contributed by atoms with E-state index in [0.29, 0.717) is 13.1 Å². The summed E-state index contributed by atoms with van der Waals surface area (Å²) in [4.78, 5) is 13.0. The van der Waals surface area contributed by atoms with Crippen LogP contribution < -0.4 is 5.73 Å². The number of piperidine rings is 1. The third-order valence-corrected chi connectivity index (χ3v) is 3.52. The number of nitrogens with two attached hydrogens (primary N) is 1. The Morgan fingerprint density at radius 2 is 1.82 bits per heavy atom. The maximum atomic E-state index is 12.9. The van der Waals surface area contributed by atoms with E-state index in [0.717, 1.165) is 18.4 Å². The summed E-state index contributed by atoms with van der Waals surface area (Å²) in [5.74, 6) is -0.162. The molecule has 17 heavy (non-hydrogen) atoms. The number of carbonyl (C=O) groups excluding carboxylic acids is 1. The molecule has 1 aromatic rings. The minimum absolute atomic E-state index is 0.0890. The Morgan fingerprint density at radius 3 is 2.29 bits per heavy atom. The molecular weight excluding hydrogens is 219 g/mol. The highest BCUT2D eigenvalue weighted by Gasteiger charge is 2.32. The van der Waals surface area contributed by atoms with Gasteiger partial charge in [-0.15, -0.1) is 0 Å². The van der Waals surface area contributed by atoms with Crippen molar-refractivity contribution in [1.82, 2.24) is 4.90 Å². The Kier molecular flexibility index (Phi) is 3.15. The first-order valence-corrected chi connectivity index (χ1v) is 5.82. The molecule has 0 bridgehead atoms. The smallest absolute Gasteiger partial charge is 0.219 e. The van der Waals surface area contributed by atoms with Crippen molar-refractivity contribution in [2.45, 2.75) is 25.3 Å². The van der Waals surface area contributed by atoms with E-state index in [1.807, 2.05) is 0 Å². The summed E-state index contributed by atoms with van der Waals surface area (Å²) in [6, 6.07) is 6.33. The van der Waals surface area contributed by atoms with Crippen molar-refractivity contribution in [2.75, 3.05) is 13.1 Å². The fourth-order valence-corrected chi connectivity index (χ4v) is 2.29. The standard InChI is InChI=1S/C13H17FN2O/c1-10(17)16-8-6-13(15,7-9-16)11-2-4-12(14)5-3-11/h2-5H,6-9,15H2,1H3. The van der Waals surface area contributed by atoms with Gasteiger partial charge in [0.1, 0.15) is 5.82 Å². The summed E-state index contributed by atoms with van der Waals surface area (Å²) >= 11 is 0. The molecule has 1 saturated heterocycles. The molecule has 0 unspecified atom stereocenters. The van der Waals surface area contributed by atoms with Gasteiger partial charge in [-0.25, -0.2) is 4.39 Å². The van der Waals surface area contributed by atoms with Crippen LogP contribution in [0.15, 0.2) is 24.3 Å². The number of hydrogen-bond donors (Lipinski definition) is 1. The number of benzene rings is 1. The molecule has 0 atom stereocenters. The molecule has 1 fully saturated rings. The number of hydrogen-bond acceptors (Lipinski definition) is 2. The Bertz CT molecular complexity index is 408. The SMILES string of the molecule is CC(=O)N1CCC(N)(c2ccc(F)cc2)CC1. The molecule has 0 spiro atoms. The Labute approximate surface area is 100 Å². The monoisotopic (exact) mass is 236 g/mol. The fourth-order valence-electron chi connectivity index (χ4n) is 2.29. The van der Waals surface area contributed by atoms with Gasteiger partial charge in [-0.2, -0.15) is 0 Å². The minimum atomic E-state index is -0.431. The molecule has 0 aromatic heterocycles. The summed E-state index contributed by atoms with van der Waals surface area (Å²) in [5, 5.41) is 0. The molecule has 0 radical (unpaired) electrons. The second-order valence-electron chi connectivity index (χ2n) is 4.67. The van der Waals surface area contributed by atoms with E-state index in [1.165, 1.54) is 12.1 Å². The molecule has 1 amide bonds. The maximum Gasteiger partial charge on any atom is 0.219 e. The van der Waals surface area contributed by atoms with Crippen molar-refractivity contribution < 1.29 is 9.18 Å². The van der Waals surface area contributed by atoms with Gasteiger partial charge >= 0.3 is 0 Å². The van der Waals surface area contributed by atoms with Gasteiger partial charge in [0.05, 0.1) is 0 Å². The van der Waals surface area contributed by atoms with Crippen LogP contribution in [0.25, 0.3) is 0 Å². The molecule has 4 heteroatoms. The predicted octanol–water partition coefficient (Wildman–Crippen LogP) is 1.62. The molecule has 1 heterocycles. The second-order valence-corrected chi connectivity index (χ2v) is 4.67. The lowest BCUT2D eigenvalue weighted by molar-refractivity contribution is -0.130. The van der Waals surface area contributed by atoms with E-state index in [4.69, 9.17) is 5.73 Å². The molecule has 3 nitrogen and oxygen atoms in total. The third kappa shape index (κ3) is 2.47. The number of rotatable bonds is 1. The average Bonchev–Trinajstić information content (AvgIpc) is 2.30. The quantitative estimate of drug-likeness (QED) is 0.805. The zero-order valence-corrected chi connectivity index (χ0v) is 9.95. The van der Waals surface area contributed by atoms with Gasteiger partial charge in [-0.1, -0.05) is 12.1 Å². The van der Waals surface area contributed by atoms with Crippen LogP contribution in [0.5, 0.6) is 0 Å². The number of carbonyl (C=O) groups is 1. The maximum absolute atomic E-state index is 12.9. The van der Waals surface area contributed by atoms with E-state index < -0.39 is 5.54 Å². The highest BCUT2D eigenvalue weighted by Crippen LogP contribution is 2.30. The van der Waals surface area contributed by atoms with E-state index in [9.17, 15) is 9.18 Å². The average molecular weight is 236 g/mol. The molecule has 2 rings (SSSR count). The molecule has 0 aliphatic carbocycles. The number of likely N-dealkylation sites (tertiary alicyclic amines) is 1. The Hall–Kier alpha value is -1.42. The lowest BCUT2D eigenvalue weighted by atomic mass is 9.82. The van der Waals surface area contributed by atoms with Gasteiger partial charge in [0, 0.05) is 25.6 Å². The summed E-state index contributed by atoms with van der Waals surface area (Å²) in [5.41, 5.74) is 6.85. The summed E-state index contributed by atoms with van der Waals surface area (Å²) in [6.45, 7) is 2.91. The highest BCUT2D eigenvalue weighted by molar-refractivity contribution is 5.73. The first-order valence-electron chi connectivity index (χ1n) is 5.82. The van der Waals surface area contributed by atoms with Gasteiger partial charge in [0.2, 0.25) is 5.91 Å². The first kappa shape index (κ1) is 12.0. The summed E-state index contributed by atoms with van der Waals surface area (Å²) in [7, 11) is 0. The van der Waals surface area contributed by atoms with Crippen LogP contribution >= 0.6 is 0 Å². The first-order chi connectivity index (χ1) is 8.01. The molecule has 0 saturated carbocycles. The van der Waals surface area contributed by atoms with Gasteiger partial charge in [0.25, 0.3) is 0 Å². The van der Waals surface area contributed by atoms with Gasteiger partial charge in [0.15, 0.2) is 0 Å². The molecule has 1 aliphatic heterocycles. The van der Waals surface area contributed by atoms with Crippen molar-refractivity contribution in [1.29, 1.82) is 0 Å². The van der Waals surface area contributed by atoms with Gasteiger partial charge in [-0.3, -0.25) is 4.79 Å². The topological polar surface area (TPSA) is 46.3 Å². The zero-order valence-electron chi connectivity index (χ0n) is 9.95. The molecule has 1 aromatic carbocycles. The third-order valence-electron chi connectivity index (χ3n) is 3.52. The van der Waals surface area contributed by atoms with Crippen LogP contribution in [0.4, 0.5) is 4.39 Å². The van der Waals surface area contributed by atoms with Crippen LogP contribution in [-0.2, 0) is 10.3 Å². The van der Waals surface area contributed by atoms with Crippen molar-refractivity contribution in [3.05, 3.63) is 35.6 Å². The second kappa shape index (κ2) is 4.45. The summed E-state index contributed by atoms with van der Waals surface area (Å²) < 4.78 is 12.9. The van der Waals surface area contributed by atoms with Gasteiger partial charge in [-0.05, 0) is 30.5 Å². The largest absolute Gasteiger partial charge is 0.343 e. The predicted molar refractivity (Wildman–Crippen MR) is 63.8 cm³/mol. The lowest BCUT2D eigenvalue weighted by Gasteiger charge is -2.39. The molecule has 1 aliphatic rings. The van der Waals surface area contributed by atoms with E-state index in [1.54, 1.807) is 24.0 Å². The van der Waals surface area contributed by atoms with Crippen molar-refractivity contribution in [3.8, 4) is 0 Å². The molecular formula is C13H17FN2O. The number of halogens is 1. The van der Waals surface area contributed by atoms with Crippen molar-refractivity contribution >= 4 is 5.91 Å². The molecule has 92 valence electrons. The number of nitrogens with zero attached hydrogens (tertiary/aromatic N) is 1. The highest BCUT2D eigenvalue weighted by atomic mass is 19.1. The van der Waals surface area contributed by atoms with E-state index in [2.05, 4.69) is 0 Å². The van der Waals surface area contributed by atoms with E-state index in [-0.39, 0.29) is 11.7 Å². The van der Waals surface area contributed by atoms with Crippen LogP contribution in [0.2, 0.25) is 0 Å². The van der Waals surface area contributed by atoms with Crippen LogP contribution in [0.1, 0.15) is 25.3 Å². The van der Waals surface area contributed by atoms with Crippen molar-refractivity contribution in [3.63, 3.8) is 0 Å². The summed E-state index contributed by atoms with van der Waals surface area (Å²) in [6.07, 6.45) is 1.44.